The van der Waals surface area contributed by atoms with Gasteiger partial charge in [-0.15, -0.1) is 0 Å². The van der Waals surface area contributed by atoms with Gasteiger partial charge in [0, 0.05) is 4.47 Å². The molecule has 19 heavy (non-hydrogen) atoms. The summed E-state index contributed by atoms with van der Waals surface area (Å²) in [6, 6.07) is 9.97. The molecule has 7 heteroatoms. The molecule has 0 bridgehead atoms. The van der Waals surface area contributed by atoms with E-state index in [0.29, 0.717) is 5.46 Å². The molecule has 0 saturated carbocycles. The van der Waals surface area contributed by atoms with Crippen molar-refractivity contribution in [2.75, 3.05) is 0 Å². The zero-order chi connectivity index (χ0) is 14.4. The highest BCUT2D eigenvalue weighted by atomic mass is 79.9. The molecule has 2 aromatic rings. The number of benzene rings is 2. The van der Waals surface area contributed by atoms with Crippen LogP contribution in [0.15, 0.2) is 46.9 Å². The molecule has 0 aliphatic carbocycles. The second-order valence-corrected chi connectivity index (χ2v) is 4.41. The van der Waals surface area contributed by atoms with Crippen LogP contribution < -0.4 is 5.46 Å². The predicted octanol–water partition coefficient (Wildman–Crippen LogP) is 1.80. The number of halogens is 3. The highest BCUT2D eigenvalue weighted by molar-refractivity contribution is 9.10. The first-order valence-corrected chi connectivity index (χ1v) is 5.95. The van der Waals surface area contributed by atoms with Gasteiger partial charge in [0.05, 0.1) is 0 Å². The smallest absolute Gasteiger partial charge is 0.488 e. The monoisotopic (exact) mass is 330 g/mol. The maximum atomic E-state index is 12.1. The minimum absolute atomic E-state index is 0.503. The Kier molecular flexibility index (Phi) is 5.94. The van der Waals surface area contributed by atoms with E-state index < -0.39 is 24.5 Å². The summed E-state index contributed by atoms with van der Waals surface area (Å²) in [4.78, 5) is 0. The minimum Gasteiger partial charge on any atom is -0.503 e. The Morgan fingerprint density at radius 3 is 1.74 bits per heavy atom. The van der Waals surface area contributed by atoms with Gasteiger partial charge in [-0.05, 0) is 29.7 Å². The average Bonchev–Trinajstić information content (AvgIpc) is 2.37. The molecule has 0 spiro atoms. The number of rotatable bonds is 1. The molecule has 2 aromatic carbocycles. The zero-order valence-corrected chi connectivity index (χ0v) is 11.2. The van der Waals surface area contributed by atoms with Crippen molar-refractivity contribution in [3.05, 3.63) is 58.6 Å². The molecule has 2 rings (SSSR count). The van der Waals surface area contributed by atoms with Crippen LogP contribution in [0.25, 0.3) is 0 Å². The van der Waals surface area contributed by atoms with E-state index in [1.807, 2.05) is 0 Å². The fraction of sp³-hybridized carbons (Fsp3) is 0. The van der Waals surface area contributed by atoms with Crippen molar-refractivity contribution in [1.82, 2.24) is 0 Å². The molecule has 0 atom stereocenters. The molecule has 0 aliphatic heterocycles. The normalized spacial score (nSPS) is 9.53. The molecule has 0 radical (unpaired) electrons. The first kappa shape index (κ1) is 15.6. The van der Waals surface area contributed by atoms with E-state index in [4.69, 9.17) is 15.2 Å². The number of phenols is 1. The van der Waals surface area contributed by atoms with Gasteiger partial charge in [0.2, 0.25) is 0 Å². The maximum Gasteiger partial charge on any atom is 0.488 e. The lowest BCUT2D eigenvalue weighted by Gasteiger charge is -1.96. The number of hydrogen-bond donors (Lipinski definition) is 3. The number of hydrogen-bond acceptors (Lipinski definition) is 3. The van der Waals surface area contributed by atoms with Crippen LogP contribution in [0.2, 0.25) is 0 Å². The largest absolute Gasteiger partial charge is 0.503 e. The fourth-order valence-electron chi connectivity index (χ4n) is 1.12. The summed E-state index contributed by atoms with van der Waals surface area (Å²) >= 11 is 3.23. The average molecular weight is 331 g/mol. The van der Waals surface area contributed by atoms with E-state index in [0.717, 1.165) is 16.6 Å². The van der Waals surface area contributed by atoms with Gasteiger partial charge in [-0.25, -0.2) is 8.78 Å². The van der Waals surface area contributed by atoms with Crippen molar-refractivity contribution in [2.24, 2.45) is 0 Å². The van der Waals surface area contributed by atoms with Gasteiger partial charge in [0.25, 0.3) is 0 Å². The fourth-order valence-corrected chi connectivity index (χ4v) is 1.39. The van der Waals surface area contributed by atoms with Crippen LogP contribution in [0.4, 0.5) is 8.78 Å². The second kappa shape index (κ2) is 7.23. The Morgan fingerprint density at radius 2 is 1.37 bits per heavy atom. The summed E-state index contributed by atoms with van der Waals surface area (Å²) < 4.78 is 25.1. The van der Waals surface area contributed by atoms with Crippen LogP contribution in [-0.2, 0) is 0 Å². The third-order valence-corrected chi connectivity index (χ3v) is 2.63. The molecule has 0 aromatic heterocycles. The molecule has 0 unspecified atom stereocenters. The summed E-state index contributed by atoms with van der Waals surface area (Å²) in [5.41, 5.74) is 0.503. The van der Waals surface area contributed by atoms with Gasteiger partial charge in [0.15, 0.2) is 17.4 Å². The van der Waals surface area contributed by atoms with E-state index in [1.54, 1.807) is 24.3 Å². The minimum atomic E-state index is -1.37. The quantitative estimate of drug-likeness (QED) is 0.699. The first-order valence-electron chi connectivity index (χ1n) is 5.16. The van der Waals surface area contributed by atoms with Crippen LogP contribution >= 0.6 is 15.9 Å². The molecule has 3 nitrogen and oxygen atoms in total. The van der Waals surface area contributed by atoms with Crippen LogP contribution in [0.1, 0.15) is 0 Å². The Balaban J connectivity index is 0.000000191. The van der Waals surface area contributed by atoms with Gasteiger partial charge in [-0.2, -0.15) is 0 Å². The highest BCUT2D eigenvalue weighted by Crippen LogP contribution is 2.17. The molecule has 0 heterocycles. The van der Waals surface area contributed by atoms with Crippen molar-refractivity contribution in [2.45, 2.75) is 0 Å². The number of phenolic OH excluding ortho intramolecular Hbond substituents is 1. The molecule has 3 N–H and O–H groups in total. The lowest BCUT2D eigenvalue weighted by Crippen LogP contribution is -2.29. The van der Waals surface area contributed by atoms with Crippen LogP contribution in [0.5, 0.6) is 5.75 Å². The van der Waals surface area contributed by atoms with E-state index in [-0.39, 0.29) is 0 Å². The number of para-hydroxylation sites is 1. The van der Waals surface area contributed by atoms with Crippen molar-refractivity contribution in [1.29, 1.82) is 0 Å². The summed E-state index contributed by atoms with van der Waals surface area (Å²) in [5, 5.41) is 25.8. The lowest BCUT2D eigenvalue weighted by atomic mass is 9.81. The predicted molar refractivity (Wildman–Crippen MR) is 72.0 cm³/mol. The van der Waals surface area contributed by atoms with E-state index >= 15 is 0 Å². The standard InChI is InChI=1S/C6H6BBrO2.C6H4F2O/c8-6-3-1-5(2-4-6)7(9)10;7-4-2-1-3-5(8)6(4)9/h1-4,9-10H;1-3,9H. The Bertz CT molecular complexity index is 515. The Morgan fingerprint density at radius 1 is 0.895 bits per heavy atom. The van der Waals surface area contributed by atoms with Gasteiger partial charge < -0.3 is 15.2 Å². The highest BCUT2D eigenvalue weighted by Gasteiger charge is 2.08. The molecular weight excluding hydrogens is 321 g/mol. The molecule has 0 amide bonds. The summed E-state index contributed by atoms with van der Waals surface area (Å²) in [6.07, 6.45) is 0. The van der Waals surface area contributed by atoms with E-state index in [2.05, 4.69) is 15.9 Å². The van der Waals surface area contributed by atoms with Crippen LogP contribution in [0.3, 0.4) is 0 Å². The van der Waals surface area contributed by atoms with Gasteiger partial charge in [-0.1, -0.05) is 34.1 Å². The topological polar surface area (TPSA) is 60.7 Å². The van der Waals surface area contributed by atoms with Crippen molar-refractivity contribution >= 4 is 28.5 Å². The molecular formula is C12H10BBrF2O3. The third kappa shape index (κ3) is 4.98. The summed E-state index contributed by atoms with van der Waals surface area (Å²) in [6.45, 7) is 0. The zero-order valence-electron chi connectivity index (χ0n) is 9.59. The van der Waals surface area contributed by atoms with Gasteiger partial charge in [-0.3, -0.25) is 0 Å². The molecule has 100 valence electrons. The third-order valence-electron chi connectivity index (χ3n) is 2.11. The maximum absolute atomic E-state index is 12.1. The first-order chi connectivity index (χ1) is 8.91. The Hall–Kier alpha value is -1.44. The molecule has 0 fully saturated rings. The van der Waals surface area contributed by atoms with Gasteiger partial charge >= 0.3 is 7.12 Å². The SMILES string of the molecule is OB(O)c1ccc(Br)cc1.Oc1c(F)cccc1F. The second-order valence-electron chi connectivity index (χ2n) is 3.50. The lowest BCUT2D eigenvalue weighted by molar-refractivity contribution is 0.396. The molecule has 0 aliphatic rings. The summed E-state index contributed by atoms with van der Waals surface area (Å²) in [5.74, 6) is -2.79. The van der Waals surface area contributed by atoms with Crippen LogP contribution in [0, 0.1) is 11.6 Å². The molecule has 0 saturated heterocycles. The van der Waals surface area contributed by atoms with E-state index in [9.17, 15) is 8.78 Å². The Labute approximate surface area is 117 Å². The van der Waals surface area contributed by atoms with Crippen molar-refractivity contribution in [3.63, 3.8) is 0 Å². The van der Waals surface area contributed by atoms with Crippen molar-refractivity contribution in [3.8, 4) is 5.75 Å². The van der Waals surface area contributed by atoms with E-state index in [1.165, 1.54) is 6.07 Å². The number of aromatic hydroxyl groups is 1. The van der Waals surface area contributed by atoms with Crippen LogP contribution in [-0.4, -0.2) is 22.3 Å². The summed E-state index contributed by atoms with van der Waals surface area (Å²) in [7, 11) is -1.37. The van der Waals surface area contributed by atoms with Gasteiger partial charge in [0.1, 0.15) is 0 Å². The van der Waals surface area contributed by atoms with Crippen molar-refractivity contribution < 1.29 is 23.9 Å².